The minimum Gasteiger partial charge on any atom is -0.344 e. The Bertz CT molecular complexity index is 986. The van der Waals surface area contributed by atoms with Crippen molar-refractivity contribution in [3.05, 3.63) is 53.3 Å². The average Bonchev–Trinajstić information content (AvgIpc) is 2.82. The SMILES string of the molecule is Cn1c(-c2cncc(CNS(C)(=O)=O)c2)cc2ccc(Cl)cc21.[HH]. The van der Waals surface area contributed by atoms with Crippen LogP contribution in [0.2, 0.25) is 5.02 Å². The number of halogens is 1. The predicted octanol–water partition coefficient (Wildman–Crippen LogP) is 3.19. The predicted molar refractivity (Wildman–Crippen MR) is 95.0 cm³/mol. The number of aromatic nitrogens is 2. The first kappa shape index (κ1) is 16.0. The van der Waals surface area contributed by atoms with Crippen molar-refractivity contribution >= 4 is 32.5 Å². The third-order valence-electron chi connectivity index (χ3n) is 3.64. The van der Waals surface area contributed by atoms with Crippen LogP contribution in [-0.4, -0.2) is 24.2 Å². The lowest BCUT2D eigenvalue weighted by Crippen LogP contribution is -2.21. The maximum absolute atomic E-state index is 11.2. The lowest BCUT2D eigenvalue weighted by Gasteiger charge is -2.07. The normalized spacial score (nSPS) is 12.0. The van der Waals surface area contributed by atoms with Crippen LogP contribution >= 0.6 is 11.6 Å². The van der Waals surface area contributed by atoms with Gasteiger partial charge in [0.15, 0.2) is 0 Å². The van der Waals surface area contributed by atoms with E-state index in [0.29, 0.717) is 5.02 Å². The fraction of sp³-hybridized carbons (Fsp3) is 0.188. The third kappa shape index (κ3) is 3.55. The lowest BCUT2D eigenvalue weighted by molar-refractivity contribution is 0.587. The fourth-order valence-corrected chi connectivity index (χ4v) is 3.11. The molecule has 0 aliphatic rings. The largest absolute Gasteiger partial charge is 0.344 e. The highest BCUT2D eigenvalue weighted by Gasteiger charge is 2.10. The number of rotatable bonds is 4. The van der Waals surface area contributed by atoms with Gasteiger partial charge in [-0.3, -0.25) is 4.98 Å². The Hall–Kier alpha value is -1.89. The Morgan fingerprint density at radius 3 is 2.78 bits per heavy atom. The number of pyridine rings is 1. The van der Waals surface area contributed by atoms with Gasteiger partial charge in [-0.15, -0.1) is 0 Å². The van der Waals surface area contributed by atoms with Crippen molar-refractivity contribution in [2.45, 2.75) is 6.54 Å². The molecule has 122 valence electrons. The first-order valence-corrected chi connectivity index (χ1v) is 9.24. The minimum absolute atomic E-state index is 0. The number of hydrogen-bond acceptors (Lipinski definition) is 3. The van der Waals surface area contributed by atoms with Crippen LogP contribution in [-0.2, 0) is 23.6 Å². The molecule has 0 aliphatic heterocycles. The topological polar surface area (TPSA) is 64.0 Å². The highest BCUT2D eigenvalue weighted by molar-refractivity contribution is 7.88. The molecule has 0 saturated carbocycles. The summed E-state index contributed by atoms with van der Waals surface area (Å²) in [5.41, 5.74) is 3.76. The zero-order valence-electron chi connectivity index (χ0n) is 12.7. The van der Waals surface area contributed by atoms with E-state index in [0.717, 1.165) is 34.0 Å². The van der Waals surface area contributed by atoms with Gasteiger partial charge in [0.2, 0.25) is 10.0 Å². The van der Waals surface area contributed by atoms with Crippen LogP contribution in [0.25, 0.3) is 22.2 Å². The van der Waals surface area contributed by atoms with E-state index in [1.807, 2.05) is 35.9 Å². The summed E-state index contributed by atoms with van der Waals surface area (Å²) in [6.45, 7) is 0.218. The molecule has 3 rings (SSSR count). The summed E-state index contributed by atoms with van der Waals surface area (Å²) in [6.07, 6.45) is 4.55. The second-order valence-corrected chi connectivity index (χ2v) is 7.74. The number of nitrogens with zero attached hydrogens (tertiary/aromatic N) is 2. The second kappa shape index (κ2) is 5.96. The van der Waals surface area contributed by atoms with Crippen molar-refractivity contribution in [3.63, 3.8) is 0 Å². The number of benzene rings is 1. The molecule has 1 N–H and O–H groups in total. The van der Waals surface area contributed by atoms with E-state index >= 15 is 0 Å². The van der Waals surface area contributed by atoms with Gasteiger partial charge in [-0.1, -0.05) is 17.7 Å². The van der Waals surface area contributed by atoms with Crippen LogP contribution in [0.3, 0.4) is 0 Å². The summed E-state index contributed by atoms with van der Waals surface area (Å²) in [6, 6.07) is 9.75. The Kier molecular flexibility index (Phi) is 4.14. The molecule has 5 nitrogen and oxygen atoms in total. The molecule has 0 fully saturated rings. The number of aryl methyl sites for hydroxylation is 1. The van der Waals surface area contributed by atoms with E-state index in [2.05, 4.69) is 15.8 Å². The van der Waals surface area contributed by atoms with E-state index < -0.39 is 10.0 Å². The summed E-state index contributed by atoms with van der Waals surface area (Å²) >= 11 is 6.06. The highest BCUT2D eigenvalue weighted by atomic mass is 35.5. The molecule has 0 radical (unpaired) electrons. The molecule has 0 saturated heterocycles. The van der Waals surface area contributed by atoms with Crippen molar-refractivity contribution < 1.29 is 9.84 Å². The Morgan fingerprint density at radius 2 is 2.04 bits per heavy atom. The van der Waals surface area contributed by atoms with Crippen molar-refractivity contribution in [1.82, 2.24) is 14.3 Å². The maximum Gasteiger partial charge on any atom is 0.209 e. The van der Waals surface area contributed by atoms with Crippen molar-refractivity contribution in [3.8, 4) is 11.3 Å². The molecule has 0 spiro atoms. The van der Waals surface area contributed by atoms with Crippen LogP contribution in [0.1, 0.15) is 6.99 Å². The maximum atomic E-state index is 11.2. The van der Waals surface area contributed by atoms with Gasteiger partial charge in [0.1, 0.15) is 0 Å². The summed E-state index contributed by atoms with van der Waals surface area (Å²) in [5.74, 6) is 0. The molecule has 7 heteroatoms. The number of sulfonamides is 1. The molecule has 1 aromatic carbocycles. The van der Waals surface area contributed by atoms with Gasteiger partial charge in [0.25, 0.3) is 0 Å². The smallest absolute Gasteiger partial charge is 0.209 e. The van der Waals surface area contributed by atoms with Gasteiger partial charge in [0.05, 0.1) is 11.9 Å². The molecule has 0 unspecified atom stereocenters. The molecule has 2 aromatic heterocycles. The fourth-order valence-electron chi connectivity index (χ4n) is 2.52. The van der Waals surface area contributed by atoms with Crippen LogP contribution in [0, 0.1) is 0 Å². The monoisotopic (exact) mass is 351 g/mol. The lowest BCUT2D eigenvalue weighted by atomic mass is 10.1. The molecule has 2 heterocycles. The molecule has 23 heavy (non-hydrogen) atoms. The van der Waals surface area contributed by atoms with Crippen LogP contribution in [0.4, 0.5) is 0 Å². The Morgan fingerprint density at radius 1 is 1.26 bits per heavy atom. The van der Waals surface area contributed by atoms with Gasteiger partial charge in [0, 0.05) is 48.9 Å². The summed E-state index contributed by atoms with van der Waals surface area (Å²) in [4.78, 5) is 4.22. The standard InChI is InChI=1S/C16H16ClN3O2S.H2/c1-20-15(6-12-3-4-14(17)7-16(12)20)13-5-11(8-18-10-13)9-19-23(2,21)22;/h3-8,10,19H,9H2,1-2H3;1H. The molecule has 0 amide bonds. The van der Waals surface area contributed by atoms with Crippen LogP contribution in [0.15, 0.2) is 42.7 Å². The molecule has 3 aromatic rings. The molecular weight excluding hydrogens is 334 g/mol. The van der Waals surface area contributed by atoms with E-state index in [9.17, 15) is 8.42 Å². The molecular formula is C16H18ClN3O2S. The van der Waals surface area contributed by atoms with E-state index in [1.165, 1.54) is 0 Å². The zero-order valence-corrected chi connectivity index (χ0v) is 14.3. The van der Waals surface area contributed by atoms with Gasteiger partial charge in [-0.25, -0.2) is 13.1 Å². The summed E-state index contributed by atoms with van der Waals surface area (Å²) in [7, 11) is -1.26. The van der Waals surface area contributed by atoms with Crippen molar-refractivity contribution in [1.29, 1.82) is 0 Å². The van der Waals surface area contributed by atoms with E-state index in [1.54, 1.807) is 12.4 Å². The summed E-state index contributed by atoms with van der Waals surface area (Å²) < 4.78 is 27.0. The first-order valence-electron chi connectivity index (χ1n) is 6.97. The molecule has 0 bridgehead atoms. The highest BCUT2D eigenvalue weighted by Crippen LogP contribution is 2.29. The second-order valence-electron chi connectivity index (χ2n) is 5.47. The van der Waals surface area contributed by atoms with Crippen molar-refractivity contribution in [2.24, 2.45) is 7.05 Å². The number of hydrogen-bond donors (Lipinski definition) is 1. The van der Waals surface area contributed by atoms with Gasteiger partial charge >= 0.3 is 0 Å². The van der Waals surface area contributed by atoms with Gasteiger partial charge in [-0.05, 0) is 29.8 Å². The van der Waals surface area contributed by atoms with Gasteiger partial charge in [-0.2, -0.15) is 0 Å². The first-order chi connectivity index (χ1) is 10.8. The van der Waals surface area contributed by atoms with Crippen LogP contribution < -0.4 is 4.72 Å². The number of nitrogens with one attached hydrogen (secondary N) is 1. The summed E-state index contributed by atoms with van der Waals surface area (Å²) in [5, 5.41) is 1.78. The quantitative estimate of drug-likeness (QED) is 0.785. The Balaban J connectivity index is 0.00000208. The minimum atomic E-state index is -3.23. The van der Waals surface area contributed by atoms with E-state index in [-0.39, 0.29) is 7.97 Å². The van der Waals surface area contributed by atoms with Crippen LogP contribution in [0.5, 0.6) is 0 Å². The third-order valence-corrected chi connectivity index (χ3v) is 4.54. The Labute approximate surface area is 141 Å². The molecule has 0 aliphatic carbocycles. The van der Waals surface area contributed by atoms with Gasteiger partial charge < -0.3 is 4.57 Å². The van der Waals surface area contributed by atoms with E-state index in [4.69, 9.17) is 11.6 Å². The number of fused-ring (bicyclic) bond motifs is 1. The zero-order chi connectivity index (χ0) is 16.6. The molecule has 0 atom stereocenters. The average molecular weight is 352 g/mol. The van der Waals surface area contributed by atoms with Crippen molar-refractivity contribution in [2.75, 3.05) is 6.26 Å².